The summed E-state index contributed by atoms with van der Waals surface area (Å²) < 4.78 is 0. The van der Waals surface area contributed by atoms with Gasteiger partial charge in [0.15, 0.2) is 5.96 Å². The second-order valence-corrected chi connectivity index (χ2v) is 4.67. The summed E-state index contributed by atoms with van der Waals surface area (Å²) in [4.78, 5) is 20.3. The molecule has 1 aromatic heterocycles. The first-order valence-corrected chi connectivity index (χ1v) is 7.37. The zero-order chi connectivity index (χ0) is 15.7. The summed E-state index contributed by atoms with van der Waals surface area (Å²) in [6.45, 7) is 9.01. The number of guanidine groups is 1. The summed E-state index contributed by atoms with van der Waals surface area (Å²) in [5, 5.41) is 9.96. The lowest BCUT2D eigenvalue weighted by atomic mass is 10.4. The van der Waals surface area contributed by atoms with E-state index in [0.29, 0.717) is 19.0 Å². The number of aliphatic imine (C=N–C) groups is 1. The monoisotopic (exact) mass is 294 g/mol. The van der Waals surface area contributed by atoms with Gasteiger partial charge < -0.3 is 15.1 Å². The molecule has 0 aromatic carbocycles. The maximum Gasteiger partial charge on any atom is 0.242 e. The van der Waals surface area contributed by atoms with Gasteiger partial charge in [-0.2, -0.15) is 5.10 Å². The fourth-order valence-corrected chi connectivity index (χ4v) is 1.96. The van der Waals surface area contributed by atoms with Gasteiger partial charge in [0, 0.05) is 32.9 Å². The number of aromatic nitrogens is 2. The minimum absolute atomic E-state index is 0.106. The quantitative estimate of drug-likeness (QED) is 0.572. The van der Waals surface area contributed by atoms with E-state index in [0.717, 1.165) is 25.3 Å². The summed E-state index contributed by atoms with van der Waals surface area (Å²) in [5.41, 5.74) is 0.939. The molecule has 0 aliphatic carbocycles. The van der Waals surface area contributed by atoms with Crippen LogP contribution in [-0.2, 0) is 11.3 Å². The van der Waals surface area contributed by atoms with Gasteiger partial charge in [-0.3, -0.25) is 9.89 Å². The number of hydrogen-bond acceptors (Lipinski definition) is 3. The van der Waals surface area contributed by atoms with Crippen molar-refractivity contribution in [3.63, 3.8) is 0 Å². The third-order valence-corrected chi connectivity index (χ3v) is 3.14. The largest absolute Gasteiger partial charge is 0.357 e. The van der Waals surface area contributed by atoms with E-state index in [1.807, 2.05) is 43.7 Å². The number of amides is 1. The zero-order valence-corrected chi connectivity index (χ0v) is 13.4. The Morgan fingerprint density at radius 3 is 2.62 bits per heavy atom. The first-order chi connectivity index (χ1) is 10.1. The van der Waals surface area contributed by atoms with Crippen LogP contribution >= 0.6 is 0 Å². The van der Waals surface area contributed by atoms with Gasteiger partial charge in [-0.25, -0.2) is 4.99 Å². The molecule has 0 unspecified atom stereocenters. The third-order valence-electron chi connectivity index (χ3n) is 3.14. The number of nitrogens with one attached hydrogen (secondary N) is 2. The Labute approximate surface area is 126 Å². The van der Waals surface area contributed by atoms with Crippen LogP contribution in [0.5, 0.6) is 0 Å². The van der Waals surface area contributed by atoms with Crippen molar-refractivity contribution in [1.29, 1.82) is 0 Å². The van der Waals surface area contributed by atoms with Crippen LogP contribution in [0.2, 0.25) is 0 Å². The lowest BCUT2D eigenvalue weighted by Crippen LogP contribution is -2.45. The van der Waals surface area contributed by atoms with Gasteiger partial charge in [0.05, 0.1) is 18.8 Å². The van der Waals surface area contributed by atoms with Crippen molar-refractivity contribution in [3.05, 3.63) is 18.0 Å². The molecule has 0 atom stereocenters. The highest BCUT2D eigenvalue weighted by Crippen LogP contribution is 1.98. The standard InChI is InChI=1S/C14H26N6O/c1-5-15-14(16-10-12-8-9-17-18-12)19(4)11-13(21)20(6-2)7-3/h8-9H,5-7,10-11H2,1-4H3,(H,15,16)(H,17,18). The second kappa shape index (κ2) is 8.99. The van der Waals surface area contributed by atoms with E-state index in [1.54, 1.807) is 6.20 Å². The van der Waals surface area contributed by atoms with Crippen LogP contribution in [0.1, 0.15) is 26.5 Å². The van der Waals surface area contributed by atoms with Gasteiger partial charge in [0.25, 0.3) is 0 Å². The van der Waals surface area contributed by atoms with Crippen molar-refractivity contribution < 1.29 is 4.79 Å². The topological polar surface area (TPSA) is 76.6 Å². The number of likely N-dealkylation sites (N-methyl/N-ethyl adjacent to an activating group) is 2. The van der Waals surface area contributed by atoms with Crippen molar-refractivity contribution in [1.82, 2.24) is 25.3 Å². The normalized spacial score (nSPS) is 11.3. The molecule has 0 bridgehead atoms. The van der Waals surface area contributed by atoms with Crippen molar-refractivity contribution in [3.8, 4) is 0 Å². The lowest BCUT2D eigenvalue weighted by Gasteiger charge is -2.25. The molecular weight excluding hydrogens is 268 g/mol. The fraction of sp³-hybridized carbons (Fsp3) is 0.643. The molecule has 21 heavy (non-hydrogen) atoms. The van der Waals surface area contributed by atoms with Gasteiger partial charge in [-0.15, -0.1) is 0 Å². The average Bonchev–Trinajstić information content (AvgIpc) is 2.97. The van der Waals surface area contributed by atoms with E-state index in [9.17, 15) is 4.79 Å². The van der Waals surface area contributed by atoms with Crippen LogP contribution in [-0.4, -0.2) is 65.1 Å². The molecule has 0 fully saturated rings. The molecule has 1 rings (SSSR count). The molecule has 1 amide bonds. The zero-order valence-electron chi connectivity index (χ0n) is 13.4. The summed E-state index contributed by atoms with van der Waals surface area (Å²) in [6.07, 6.45) is 1.70. The predicted octanol–water partition coefficient (Wildman–Crippen LogP) is 0.675. The molecule has 0 saturated carbocycles. The SMILES string of the molecule is CCNC(=NCc1ccn[nH]1)N(C)CC(=O)N(CC)CC. The number of nitrogens with zero attached hydrogens (tertiary/aromatic N) is 4. The van der Waals surface area contributed by atoms with Crippen molar-refractivity contribution in [2.24, 2.45) is 4.99 Å². The van der Waals surface area contributed by atoms with Crippen LogP contribution in [0.15, 0.2) is 17.3 Å². The molecule has 1 heterocycles. The number of H-pyrrole nitrogens is 1. The van der Waals surface area contributed by atoms with Crippen LogP contribution < -0.4 is 5.32 Å². The number of rotatable bonds is 7. The minimum atomic E-state index is 0.106. The number of carbonyl (C=O) groups is 1. The van der Waals surface area contributed by atoms with Crippen molar-refractivity contribution >= 4 is 11.9 Å². The Balaban J connectivity index is 2.66. The first kappa shape index (κ1) is 17.0. The highest BCUT2D eigenvalue weighted by atomic mass is 16.2. The summed E-state index contributed by atoms with van der Waals surface area (Å²) in [6, 6.07) is 1.88. The fourth-order valence-electron chi connectivity index (χ4n) is 1.96. The Bertz CT molecular complexity index is 438. The van der Waals surface area contributed by atoms with E-state index < -0.39 is 0 Å². The lowest BCUT2D eigenvalue weighted by molar-refractivity contribution is -0.131. The van der Waals surface area contributed by atoms with Gasteiger partial charge in [-0.05, 0) is 26.8 Å². The molecule has 2 N–H and O–H groups in total. The maximum absolute atomic E-state index is 12.1. The van der Waals surface area contributed by atoms with E-state index in [1.165, 1.54) is 0 Å². The van der Waals surface area contributed by atoms with Gasteiger partial charge in [-0.1, -0.05) is 0 Å². The Kier molecular flexibility index (Phi) is 7.28. The molecule has 0 spiro atoms. The Hall–Kier alpha value is -2.05. The van der Waals surface area contributed by atoms with Gasteiger partial charge in [0.2, 0.25) is 5.91 Å². The van der Waals surface area contributed by atoms with E-state index in [4.69, 9.17) is 0 Å². The molecule has 7 heteroatoms. The van der Waals surface area contributed by atoms with Gasteiger partial charge in [0.1, 0.15) is 0 Å². The van der Waals surface area contributed by atoms with Gasteiger partial charge >= 0.3 is 0 Å². The molecule has 7 nitrogen and oxygen atoms in total. The van der Waals surface area contributed by atoms with Crippen LogP contribution in [0.4, 0.5) is 0 Å². The number of aromatic amines is 1. The highest BCUT2D eigenvalue weighted by molar-refractivity contribution is 5.86. The molecule has 0 aliphatic heterocycles. The summed E-state index contributed by atoms with van der Waals surface area (Å²) in [5.74, 6) is 0.822. The molecule has 1 aromatic rings. The summed E-state index contributed by atoms with van der Waals surface area (Å²) >= 11 is 0. The molecule has 0 aliphatic rings. The molecule has 0 saturated heterocycles. The van der Waals surface area contributed by atoms with Crippen molar-refractivity contribution in [2.45, 2.75) is 27.3 Å². The number of hydrogen-bond donors (Lipinski definition) is 2. The van der Waals surface area contributed by atoms with Crippen molar-refractivity contribution in [2.75, 3.05) is 33.2 Å². The average molecular weight is 294 g/mol. The van der Waals surface area contributed by atoms with E-state index in [-0.39, 0.29) is 5.91 Å². The predicted molar refractivity (Wildman–Crippen MR) is 84.0 cm³/mol. The van der Waals surface area contributed by atoms with Crippen LogP contribution in [0, 0.1) is 0 Å². The van der Waals surface area contributed by atoms with Crippen LogP contribution in [0.25, 0.3) is 0 Å². The minimum Gasteiger partial charge on any atom is -0.357 e. The third kappa shape index (κ3) is 5.45. The Morgan fingerprint density at radius 1 is 1.38 bits per heavy atom. The number of carbonyl (C=O) groups excluding carboxylic acids is 1. The molecule has 118 valence electrons. The summed E-state index contributed by atoms with van der Waals surface area (Å²) in [7, 11) is 1.87. The first-order valence-electron chi connectivity index (χ1n) is 7.37. The smallest absolute Gasteiger partial charge is 0.242 e. The van der Waals surface area contributed by atoms with E-state index in [2.05, 4.69) is 20.5 Å². The molecule has 0 radical (unpaired) electrons. The second-order valence-electron chi connectivity index (χ2n) is 4.67. The molecular formula is C14H26N6O. The van der Waals surface area contributed by atoms with Crippen LogP contribution in [0.3, 0.4) is 0 Å². The highest BCUT2D eigenvalue weighted by Gasteiger charge is 2.14. The Morgan fingerprint density at radius 2 is 2.10 bits per heavy atom. The van der Waals surface area contributed by atoms with E-state index >= 15 is 0 Å². The maximum atomic E-state index is 12.1.